The number of benzene rings is 1. The van der Waals surface area contributed by atoms with Gasteiger partial charge in [0.1, 0.15) is 12.3 Å². The molecule has 1 amide bonds. The molecule has 0 spiro atoms. The van der Waals surface area contributed by atoms with Gasteiger partial charge >= 0.3 is 0 Å². The topological polar surface area (TPSA) is 95.1 Å². The van der Waals surface area contributed by atoms with Crippen LogP contribution in [-0.2, 0) is 0 Å². The third-order valence-corrected chi connectivity index (χ3v) is 2.34. The summed E-state index contributed by atoms with van der Waals surface area (Å²) < 4.78 is 0. The largest absolute Gasteiger partial charge is 0.384 e. The fraction of sp³-hybridized carbons (Fsp3) is 0.0714. The van der Waals surface area contributed by atoms with Crippen LogP contribution in [0.4, 0.5) is 5.69 Å². The predicted molar refractivity (Wildman–Crippen MR) is 73.2 cm³/mol. The highest BCUT2D eigenvalue weighted by atomic mass is 16.2. The summed E-state index contributed by atoms with van der Waals surface area (Å²) >= 11 is 0. The lowest BCUT2D eigenvalue weighted by atomic mass is 10.2. The summed E-state index contributed by atoms with van der Waals surface area (Å²) in [5.74, 6) is 4.83. The normalized spacial score (nSPS) is 9.45. The number of nitrogens with zero attached hydrogens (tertiary/aromatic N) is 1. The van der Waals surface area contributed by atoms with Gasteiger partial charge in [0.2, 0.25) is 0 Å². The van der Waals surface area contributed by atoms with E-state index in [0.717, 1.165) is 6.20 Å². The van der Waals surface area contributed by atoms with Crippen molar-refractivity contribution in [3.63, 3.8) is 0 Å². The van der Waals surface area contributed by atoms with Gasteiger partial charge in [-0.1, -0.05) is 17.9 Å². The van der Waals surface area contributed by atoms with Crippen molar-refractivity contribution < 1.29 is 9.90 Å². The lowest BCUT2D eigenvalue weighted by Gasteiger charge is -2.04. The van der Waals surface area contributed by atoms with Gasteiger partial charge in [-0.05, 0) is 18.2 Å². The maximum Gasteiger partial charge on any atom is 0.275 e. The summed E-state index contributed by atoms with van der Waals surface area (Å²) in [5.41, 5.74) is 0.957. The number of amides is 1. The van der Waals surface area contributed by atoms with Crippen LogP contribution < -0.4 is 10.9 Å². The van der Waals surface area contributed by atoms with E-state index in [1.54, 1.807) is 24.3 Å². The van der Waals surface area contributed by atoms with E-state index in [-0.39, 0.29) is 17.9 Å². The van der Waals surface area contributed by atoms with Gasteiger partial charge in [-0.2, -0.15) is 0 Å². The monoisotopic (exact) mass is 269 g/mol. The number of hydrogen-bond donors (Lipinski definition) is 3. The quantitative estimate of drug-likeness (QED) is 0.686. The van der Waals surface area contributed by atoms with Crippen LogP contribution in [0.3, 0.4) is 0 Å². The first-order valence-electron chi connectivity index (χ1n) is 5.75. The summed E-state index contributed by atoms with van der Waals surface area (Å²) in [5, 5.41) is 11.3. The van der Waals surface area contributed by atoms with Crippen molar-refractivity contribution in [2.75, 3.05) is 11.9 Å². The van der Waals surface area contributed by atoms with Crippen molar-refractivity contribution in [3.8, 4) is 11.8 Å². The molecule has 6 heteroatoms. The van der Waals surface area contributed by atoms with Crippen molar-refractivity contribution in [3.05, 3.63) is 58.3 Å². The summed E-state index contributed by atoms with van der Waals surface area (Å²) in [6, 6.07) is 6.87. The Balaban J connectivity index is 2.15. The van der Waals surface area contributed by atoms with Crippen molar-refractivity contribution in [1.82, 2.24) is 9.97 Å². The van der Waals surface area contributed by atoms with E-state index in [4.69, 9.17) is 5.11 Å². The molecule has 2 aromatic rings. The molecule has 6 nitrogen and oxygen atoms in total. The molecule has 2 rings (SSSR count). The van der Waals surface area contributed by atoms with E-state index in [0.29, 0.717) is 11.3 Å². The Bertz CT molecular complexity index is 721. The van der Waals surface area contributed by atoms with Gasteiger partial charge in [0, 0.05) is 17.4 Å². The van der Waals surface area contributed by atoms with E-state index >= 15 is 0 Å². The fourth-order valence-electron chi connectivity index (χ4n) is 1.48. The Morgan fingerprint density at radius 1 is 1.45 bits per heavy atom. The Kier molecular flexibility index (Phi) is 4.27. The highest BCUT2D eigenvalue weighted by Crippen LogP contribution is 2.10. The summed E-state index contributed by atoms with van der Waals surface area (Å²) in [6.45, 7) is -0.224. The number of nitrogens with one attached hydrogen (secondary N) is 2. The molecule has 0 radical (unpaired) electrons. The maximum atomic E-state index is 11.9. The Hall–Kier alpha value is -2.91. The van der Waals surface area contributed by atoms with Crippen LogP contribution in [0, 0.1) is 11.8 Å². The van der Waals surface area contributed by atoms with E-state index in [2.05, 4.69) is 27.1 Å². The number of H-pyrrole nitrogens is 1. The molecule has 0 bridgehead atoms. The third-order valence-electron chi connectivity index (χ3n) is 2.34. The van der Waals surface area contributed by atoms with Gasteiger partial charge in [-0.15, -0.1) is 0 Å². The standard InChI is InChI=1S/C14H11N3O3/c18-6-2-4-10-3-1-5-11(7-10)17-14(20)12-8-16-13(19)9-15-12/h1,3,5,7-9,18H,6H2,(H,16,19)(H,17,20). The van der Waals surface area contributed by atoms with Crippen molar-refractivity contribution in [2.45, 2.75) is 0 Å². The zero-order valence-corrected chi connectivity index (χ0v) is 10.4. The van der Waals surface area contributed by atoms with Crippen LogP contribution in [0.25, 0.3) is 0 Å². The van der Waals surface area contributed by atoms with E-state index < -0.39 is 5.91 Å². The molecule has 20 heavy (non-hydrogen) atoms. The van der Waals surface area contributed by atoms with Crippen molar-refractivity contribution in [1.29, 1.82) is 0 Å². The van der Waals surface area contributed by atoms with E-state index in [9.17, 15) is 9.59 Å². The van der Waals surface area contributed by atoms with Crippen LogP contribution >= 0.6 is 0 Å². The number of aliphatic hydroxyl groups excluding tert-OH is 1. The van der Waals surface area contributed by atoms with Gasteiger partial charge in [-0.3, -0.25) is 9.59 Å². The van der Waals surface area contributed by atoms with Gasteiger partial charge in [0.25, 0.3) is 11.5 Å². The molecule has 0 saturated carbocycles. The first-order chi connectivity index (χ1) is 9.69. The maximum absolute atomic E-state index is 11.9. The molecule has 100 valence electrons. The molecule has 1 aromatic heterocycles. The number of carbonyl (C=O) groups is 1. The molecule has 0 fully saturated rings. The van der Waals surface area contributed by atoms with E-state index in [1.165, 1.54) is 6.20 Å². The molecule has 0 atom stereocenters. The number of aromatic nitrogens is 2. The lowest BCUT2D eigenvalue weighted by Crippen LogP contribution is -2.16. The molecule has 0 saturated heterocycles. The second-order valence-electron chi connectivity index (χ2n) is 3.79. The van der Waals surface area contributed by atoms with E-state index in [1.807, 2.05) is 0 Å². The lowest BCUT2D eigenvalue weighted by molar-refractivity contribution is 0.102. The van der Waals surface area contributed by atoms with Crippen LogP contribution in [0.2, 0.25) is 0 Å². The molecule has 3 N–H and O–H groups in total. The molecule has 1 aromatic carbocycles. The number of carbonyl (C=O) groups excluding carboxylic acids is 1. The van der Waals surface area contributed by atoms with Crippen LogP contribution in [0.1, 0.15) is 16.1 Å². The zero-order chi connectivity index (χ0) is 14.4. The highest BCUT2D eigenvalue weighted by Gasteiger charge is 2.07. The molecule has 0 aliphatic rings. The summed E-state index contributed by atoms with van der Waals surface area (Å²) in [7, 11) is 0. The molecule has 0 aliphatic carbocycles. The smallest absolute Gasteiger partial charge is 0.275 e. The van der Waals surface area contributed by atoms with Crippen LogP contribution in [0.5, 0.6) is 0 Å². The Morgan fingerprint density at radius 2 is 2.30 bits per heavy atom. The number of anilines is 1. The van der Waals surface area contributed by atoms with Crippen molar-refractivity contribution >= 4 is 11.6 Å². The second kappa shape index (κ2) is 6.31. The van der Waals surface area contributed by atoms with Gasteiger partial charge in [0.15, 0.2) is 0 Å². The van der Waals surface area contributed by atoms with Gasteiger partial charge in [-0.25, -0.2) is 4.98 Å². The fourth-order valence-corrected chi connectivity index (χ4v) is 1.48. The number of hydrogen-bond acceptors (Lipinski definition) is 4. The second-order valence-corrected chi connectivity index (χ2v) is 3.79. The van der Waals surface area contributed by atoms with Crippen molar-refractivity contribution in [2.24, 2.45) is 0 Å². The number of aromatic amines is 1. The molecular weight excluding hydrogens is 258 g/mol. The molecule has 0 unspecified atom stereocenters. The number of rotatable bonds is 2. The number of aliphatic hydroxyl groups is 1. The molecular formula is C14H11N3O3. The SMILES string of the molecule is O=C(Nc1cccc(C#CCO)c1)c1c[nH]c(=O)cn1. The zero-order valence-electron chi connectivity index (χ0n) is 10.4. The average molecular weight is 269 g/mol. The minimum absolute atomic E-state index is 0.108. The highest BCUT2D eigenvalue weighted by molar-refractivity contribution is 6.02. The van der Waals surface area contributed by atoms with Gasteiger partial charge < -0.3 is 15.4 Å². The molecule has 1 heterocycles. The Labute approximate surface area is 114 Å². The average Bonchev–Trinajstić information content (AvgIpc) is 2.46. The van der Waals surface area contributed by atoms with Crippen LogP contribution in [0.15, 0.2) is 41.5 Å². The van der Waals surface area contributed by atoms with Gasteiger partial charge in [0.05, 0.1) is 6.20 Å². The molecule has 0 aliphatic heterocycles. The minimum Gasteiger partial charge on any atom is -0.384 e. The third kappa shape index (κ3) is 3.54. The Morgan fingerprint density at radius 3 is 3.00 bits per heavy atom. The first kappa shape index (κ1) is 13.5. The predicted octanol–water partition coefficient (Wildman–Crippen LogP) is 0.366. The minimum atomic E-state index is -0.437. The summed E-state index contributed by atoms with van der Waals surface area (Å²) in [4.78, 5) is 28.8. The summed E-state index contributed by atoms with van der Waals surface area (Å²) in [6.07, 6.45) is 2.28. The first-order valence-corrected chi connectivity index (χ1v) is 5.75. The van der Waals surface area contributed by atoms with Crippen LogP contribution in [-0.4, -0.2) is 27.6 Å².